The Balaban J connectivity index is 1.58. The van der Waals surface area contributed by atoms with E-state index < -0.39 is 0 Å². The van der Waals surface area contributed by atoms with Crippen molar-refractivity contribution in [3.05, 3.63) is 28.6 Å². The Kier molecular flexibility index (Phi) is 3.11. The van der Waals surface area contributed by atoms with Gasteiger partial charge in [0.15, 0.2) is 17.7 Å². The van der Waals surface area contributed by atoms with Gasteiger partial charge in [0, 0.05) is 25.7 Å². The van der Waals surface area contributed by atoms with Crippen molar-refractivity contribution in [2.45, 2.75) is 19.3 Å². The molecule has 6 heteroatoms. The molecule has 0 N–H and O–H groups in total. The zero-order valence-electron chi connectivity index (χ0n) is 11.6. The van der Waals surface area contributed by atoms with Crippen LogP contribution in [-0.2, 0) is 6.42 Å². The van der Waals surface area contributed by atoms with Gasteiger partial charge in [0.25, 0.3) is 0 Å². The molecule has 2 fully saturated rings. The molecule has 21 heavy (non-hydrogen) atoms. The molecule has 0 spiro atoms. The van der Waals surface area contributed by atoms with Crippen LogP contribution in [0.5, 0.6) is 0 Å². The molecule has 1 aliphatic heterocycles. The Hall–Kier alpha value is -1.61. The number of halogens is 1. The third kappa shape index (κ3) is 2.20. The van der Waals surface area contributed by atoms with Crippen LogP contribution in [0.25, 0.3) is 5.65 Å². The van der Waals surface area contributed by atoms with E-state index in [9.17, 15) is 0 Å². The van der Waals surface area contributed by atoms with Crippen molar-refractivity contribution in [3.8, 4) is 6.19 Å². The second-order valence-electron chi connectivity index (χ2n) is 6.12. The quantitative estimate of drug-likeness (QED) is 0.784. The van der Waals surface area contributed by atoms with Crippen LogP contribution in [-0.4, -0.2) is 32.6 Å². The maximum Gasteiger partial charge on any atom is 0.179 e. The Morgan fingerprint density at radius 3 is 2.76 bits per heavy atom. The second kappa shape index (κ2) is 4.99. The molecule has 3 atom stereocenters. The number of nitrogens with zero attached hydrogens (tertiary/aromatic N) is 5. The van der Waals surface area contributed by atoms with Gasteiger partial charge in [0.1, 0.15) is 0 Å². The fourth-order valence-electron chi connectivity index (χ4n) is 3.97. The van der Waals surface area contributed by atoms with Gasteiger partial charge < -0.3 is 4.90 Å². The van der Waals surface area contributed by atoms with Crippen LogP contribution >= 0.6 is 15.9 Å². The largest absolute Gasteiger partial charge is 0.310 e. The Morgan fingerprint density at radius 2 is 2.10 bits per heavy atom. The van der Waals surface area contributed by atoms with Crippen molar-refractivity contribution < 1.29 is 0 Å². The summed E-state index contributed by atoms with van der Waals surface area (Å²) in [7, 11) is 0. The minimum Gasteiger partial charge on any atom is -0.310 e. The highest BCUT2D eigenvalue weighted by molar-refractivity contribution is 9.10. The summed E-state index contributed by atoms with van der Waals surface area (Å²) < 4.78 is 2.82. The summed E-state index contributed by atoms with van der Waals surface area (Å²) in [5, 5.41) is 13.7. The molecule has 2 aliphatic rings. The summed E-state index contributed by atoms with van der Waals surface area (Å²) in [6.07, 6.45) is 7.66. The highest BCUT2D eigenvalue weighted by atomic mass is 79.9. The smallest absolute Gasteiger partial charge is 0.179 e. The van der Waals surface area contributed by atoms with Crippen LogP contribution < -0.4 is 0 Å². The van der Waals surface area contributed by atoms with Crippen molar-refractivity contribution in [3.63, 3.8) is 0 Å². The molecule has 1 saturated carbocycles. The molecule has 108 valence electrons. The van der Waals surface area contributed by atoms with Gasteiger partial charge in [-0.05, 0) is 58.7 Å². The Labute approximate surface area is 131 Å². The van der Waals surface area contributed by atoms with Gasteiger partial charge in [0.05, 0.1) is 4.47 Å². The predicted molar refractivity (Wildman–Crippen MR) is 81.3 cm³/mol. The van der Waals surface area contributed by atoms with Gasteiger partial charge in [-0.3, -0.25) is 0 Å². The minimum absolute atomic E-state index is 0.624. The first-order chi connectivity index (χ1) is 10.2. The van der Waals surface area contributed by atoms with Crippen molar-refractivity contribution in [2.75, 3.05) is 13.1 Å². The normalized spacial score (nSPS) is 28.0. The third-order valence-corrected chi connectivity index (χ3v) is 5.57. The van der Waals surface area contributed by atoms with Gasteiger partial charge in [-0.25, -0.2) is 9.50 Å². The lowest BCUT2D eigenvalue weighted by molar-refractivity contribution is 0.154. The van der Waals surface area contributed by atoms with E-state index in [0.717, 1.165) is 35.5 Å². The molecule has 1 unspecified atom stereocenters. The highest BCUT2D eigenvalue weighted by Gasteiger charge is 2.42. The van der Waals surface area contributed by atoms with E-state index >= 15 is 0 Å². The Bertz CT molecular complexity index is 704. The van der Waals surface area contributed by atoms with Gasteiger partial charge in [-0.15, -0.1) is 0 Å². The molecule has 3 heterocycles. The second-order valence-corrected chi connectivity index (χ2v) is 6.98. The van der Waals surface area contributed by atoms with Gasteiger partial charge in [-0.1, -0.05) is 0 Å². The van der Waals surface area contributed by atoms with Crippen LogP contribution in [0.2, 0.25) is 0 Å². The van der Waals surface area contributed by atoms with Crippen molar-refractivity contribution in [1.29, 1.82) is 5.26 Å². The molecule has 2 bridgehead atoms. The maximum absolute atomic E-state index is 9.10. The molecule has 0 aromatic carbocycles. The molecule has 5 nitrogen and oxygen atoms in total. The minimum atomic E-state index is 0.624. The van der Waals surface area contributed by atoms with Crippen molar-refractivity contribution in [1.82, 2.24) is 19.5 Å². The number of likely N-dealkylation sites (tertiary alicyclic amines) is 1. The first-order valence-electron chi connectivity index (χ1n) is 7.39. The van der Waals surface area contributed by atoms with Crippen LogP contribution in [0.4, 0.5) is 0 Å². The summed E-state index contributed by atoms with van der Waals surface area (Å²) in [6, 6.07) is 3.95. The molecule has 2 aromatic heterocycles. The van der Waals surface area contributed by atoms with E-state index in [1.165, 1.54) is 12.8 Å². The monoisotopic (exact) mass is 345 g/mol. The van der Waals surface area contributed by atoms with E-state index in [1.54, 1.807) is 0 Å². The van der Waals surface area contributed by atoms with E-state index in [4.69, 9.17) is 5.26 Å². The number of piperidine rings is 1. The summed E-state index contributed by atoms with van der Waals surface area (Å²) in [5.41, 5.74) is 0.884. The summed E-state index contributed by atoms with van der Waals surface area (Å²) >= 11 is 3.52. The zero-order valence-corrected chi connectivity index (χ0v) is 13.2. The molecule has 4 rings (SSSR count). The van der Waals surface area contributed by atoms with Crippen molar-refractivity contribution in [2.24, 2.45) is 17.8 Å². The lowest BCUT2D eigenvalue weighted by atomic mass is 9.83. The maximum atomic E-state index is 9.10. The number of nitriles is 1. The molecule has 1 aliphatic carbocycles. The summed E-state index contributed by atoms with van der Waals surface area (Å²) in [4.78, 5) is 6.59. The van der Waals surface area contributed by atoms with Crippen molar-refractivity contribution >= 4 is 21.6 Å². The van der Waals surface area contributed by atoms with E-state index in [2.05, 4.69) is 32.2 Å². The number of rotatable bonds is 2. The number of aromatic nitrogens is 3. The van der Waals surface area contributed by atoms with Crippen LogP contribution in [0.3, 0.4) is 0 Å². The van der Waals surface area contributed by atoms with E-state index in [-0.39, 0.29) is 0 Å². The molecule has 0 amide bonds. The molecular formula is C15H16BrN5. The third-order valence-electron chi connectivity index (χ3n) is 4.95. The fourth-order valence-corrected chi connectivity index (χ4v) is 4.39. The van der Waals surface area contributed by atoms with Crippen LogP contribution in [0, 0.1) is 29.2 Å². The van der Waals surface area contributed by atoms with E-state index in [0.29, 0.717) is 17.8 Å². The lowest BCUT2D eigenvalue weighted by Gasteiger charge is -2.34. The first-order valence-corrected chi connectivity index (χ1v) is 8.18. The average molecular weight is 346 g/mol. The highest BCUT2D eigenvalue weighted by Crippen LogP contribution is 2.43. The standard InChI is InChI=1S/C15H16BrN5/c16-13-2-1-5-21-15(13)18-14(19-21)6-12-10-3-4-11(12)8-20(7-10)9-17/h1-2,5,10-12H,3-4,6-8H2/t10-,11+,12?. The van der Waals surface area contributed by atoms with Gasteiger partial charge in [-0.2, -0.15) is 10.4 Å². The molecule has 1 saturated heterocycles. The topological polar surface area (TPSA) is 57.2 Å². The summed E-state index contributed by atoms with van der Waals surface area (Å²) in [5.74, 6) is 2.80. The molecular weight excluding hydrogens is 330 g/mol. The first kappa shape index (κ1) is 13.1. The SMILES string of the molecule is N#CN1C[C@H]2CC[C@@H](C1)C2Cc1nc2c(Br)cccn2n1. The van der Waals surface area contributed by atoms with Crippen LogP contribution in [0.15, 0.2) is 22.8 Å². The Morgan fingerprint density at radius 1 is 1.33 bits per heavy atom. The van der Waals surface area contributed by atoms with Crippen LogP contribution in [0.1, 0.15) is 18.7 Å². The average Bonchev–Trinajstić information content (AvgIpc) is 2.98. The predicted octanol–water partition coefficient (Wildman–Crippen LogP) is 2.47. The zero-order chi connectivity index (χ0) is 14.4. The summed E-state index contributed by atoms with van der Waals surface area (Å²) in [6.45, 7) is 1.82. The van der Waals surface area contributed by atoms with Gasteiger partial charge >= 0.3 is 0 Å². The number of fused-ring (bicyclic) bond motifs is 3. The van der Waals surface area contributed by atoms with E-state index in [1.807, 2.05) is 27.7 Å². The molecule has 0 radical (unpaired) electrons. The number of hydrogen-bond acceptors (Lipinski definition) is 4. The lowest BCUT2D eigenvalue weighted by Crippen LogP contribution is -2.40. The fraction of sp³-hybridized carbons (Fsp3) is 0.533. The number of pyridine rings is 1. The number of hydrogen-bond donors (Lipinski definition) is 0. The molecule has 2 aromatic rings. The van der Waals surface area contributed by atoms with Gasteiger partial charge in [0.2, 0.25) is 0 Å².